The van der Waals surface area contributed by atoms with Crippen LogP contribution in [0, 0.1) is 6.92 Å². The molecule has 2 rings (SSSR count). The Labute approximate surface area is 174 Å². The van der Waals surface area contributed by atoms with Gasteiger partial charge in [-0.25, -0.2) is 13.4 Å². The number of rotatable bonds is 9. The van der Waals surface area contributed by atoms with Gasteiger partial charge >= 0.3 is 0 Å². The average Bonchev–Trinajstić information content (AvgIpc) is 2.66. The third-order valence-electron chi connectivity index (χ3n) is 4.34. The maximum Gasteiger partial charge on any atom is 0.191 e. The van der Waals surface area contributed by atoms with Gasteiger partial charge in [-0.1, -0.05) is 42.0 Å². The fourth-order valence-electron chi connectivity index (χ4n) is 2.97. The van der Waals surface area contributed by atoms with Crippen molar-refractivity contribution in [1.29, 1.82) is 0 Å². The minimum Gasteiger partial charge on any atom is -0.496 e. The number of aryl methyl sites for hydroxylation is 1. The average molecular weight is 418 g/mol. The van der Waals surface area contributed by atoms with Crippen LogP contribution < -0.4 is 15.4 Å². The van der Waals surface area contributed by atoms with Gasteiger partial charge in [-0.2, -0.15) is 0 Å². The molecule has 0 spiro atoms. The third kappa shape index (κ3) is 8.15. The highest BCUT2D eigenvalue weighted by Gasteiger charge is 2.06. The Hall–Kier alpha value is -2.54. The lowest BCUT2D eigenvalue weighted by Crippen LogP contribution is -2.38. The van der Waals surface area contributed by atoms with Gasteiger partial charge in [-0.3, -0.25) is 0 Å². The molecule has 0 heterocycles. The van der Waals surface area contributed by atoms with Crippen molar-refractivity contribution < 1.29 is 13.2 Å². The third-order valence-corrected chi connectivity index (χ3v) is 5.20. The summed E-state index contributed by atoms with van der Waals surface area (Å²) in [5.74, 6) is 1.70. The highest BCUT2D eigenvalue weighted by Crippen LogP contribution is 2.19. The molecule has 2 aromatic rings. The van der Waals surface area contributed by atoms with Crippen molar-refractivity contribution in [2.24, 2.45) is 4.99 Å². The van der Waals surface area contributed by atoms with Crippen molar-refractivity contribution in [3.05, 3.63) is 64.7 Å². The Balaban J connectivity index is 1.95. The van der Waals surface area contributed by atoms with E-state index in [1.807, 2.05) is 43.3 Å². The molecule has 0 aliphatic rings. The number of hydrogen-bond acceptors (Lipinski definition) is 4. The van der Waals surface area contributed by atoms with E-state index in [1.54, 1.807) is 7.11 Å². The number of aliphatic imine (C=N–C) groups is 1. The van der Waals surface area contributed by atoms with Crippen LogP contribution >= 0.6 is 0 Å². The standard InChI is InChI=1S/C22H31N3O3S/c1-5-23-22(24-13-12-20-14-17(2)6-11-21(20)28-3)25-15-18-7-9-19(10-8-18)16-29(4,26)27/h6-11,14H,5,12-13,15-16H2,1-4H3,(H2,23,24,25). The van der Waals surface area contributed by atoms with Crippen LogP contribution in [0.15, 0.2) is 47.5 Å². The summed E-state index contributed by atoms with van der Waals surface area (Å²) in [5, 5.41) is 6.61. The van der Waals surface area contributed by atoms with E-state index in [0.717, 1.165) is 47.9 Å². The van der Waals surface area contributed by atoms with Crippen LogP contribution in [0.25, 0.3) is 0 Å². The molecular weight excluding hydrogens is 386 g/mol. The Bertz CT molecular complexity index is 923. The summed E-state index contributed by atoms with van der Waals surface area (Å²) in [6.45, 7) is 6.12. The highest BCUT2D eigenvalue weighted by atomic mass is 32.2. The summed E-state index contributed by atoms with van der Waals surface area (Å²) >= 11 is 0. The smallest absolute Gasteiger partial charge is 0.191 e. The first-order chi connectivity index (χ1) is 13.8. The lowest BCUT2D eigenvalue weighted by atomic mass is 10.1. The van der Waals surface area contributed by atoms with Crippen molar-refractivity contribution in [1.82, 2.24) is 10.6 Å². The maximum atomic E-state index is 11.4. The molecule has 158 valence electrons. The zero-order valence-corrected chi connectivity index (χ0v) is 18.5. The van der Waals surface area contributed by atoms with E-state index in [9.17, 15) is 8.42 Å². The lowest BCUT2D eigenvalue weighted by molar-refractivity contribution is 0.409. The monoisotopic (exact) mass is 417 g/mol. The van der Waals surface area contributed by atoms with Gasteiger partial charge in [-0.15, -0.1) is 0 Å². The van der Waals surface area contributed by atoms with E-state index < -0.39 is 9.84 Å². The molecule has 6 nitrogen and oxygen atoms in total. The van der Waals surface area contributed by atoms with Crippen LogP contribution in [0.3, 0.4) is 0 Å². The van der Waals surface area contributed by atoms with Crippen molar-refractivity contribution in [2.75, 3.05) is 26.5 Å². The van der Waals surface area contributed by atoms with Crippen molar-refractivity contribution in [3.8, 4) is 5.75 Å². The molecule has 0 saturated heterocycles. The Morgan fingerprint density at radius 3 is 2.38 bits per heavy atom. The second-order valence-electron chi connectivity index (χ2n) is 7.07. The van der Waals surface area contributed by atoms with Crippen molar-refractivity contribution >= 4 is 15.8 Å². The van der Waals surface area contributed by atoms with Gasteiger partial charge in [0.25, 0.3) is 0 Å². The van der Waals surface area contributed by atoms with Crippen molar-refractivity contribution in [3.63, 3.8) is 0 Å². The summed E-state index contributed by atoms with van der Waals surface area (Å²) in [6.07, 6.45) is 2.07. The van der Waals surface area contributed by atoms with Gasteiger partial charge in [-0.05, 0) is 43.0 Å². The highest BCUT2D eigenvalue weighted by molar-refractivity contribution is 7.89. The Kier molecular flexibility index (Phi) is 8.51. The molecule has 0 atom stereocenters. The first-order valence-electron chi connectivity index (χ1n) is 9.72. The van der Waals surface area contributed by atoms with Gasteiger partial charge in [0.1, 0.15) is 5.75 Å². The molecule has 0 amide bonds. The fraction of sp³-hybridized carbons (Fsp3) is 0.409. The second-order valence-corrected chi connectivity index (χ2v) is 9.21. The first-order valence-corrected chi connectivity index (χ1v) is 11.8. The van der Waals surface area contributed by atoms with E-state index in [0.29, 0.717) is 6.54 Å². The van der Waals surface area contributed by atoms with Gasteiger partial charge in [0.2, 0.25) is 0 Å². The van der Waals surface area contributed by atoms with Crippen LogP contribution in [-0.4, -0.2) is 40.8 Å². The Morgan fingerprint density at radius 1 is 1.07 bits per heavy atom. The number of ether oxygens (including phenoxy) is 1. The molecule has 7 heteroatoms. The predicted molar refractivity (Wildman–Crippen MR) is 119 cm³/mol. The quantitative estimate of drug-likeness (QED) is 0.484. The van der Waals surface area contributed by atoms with Crippen LogP contribution in [-0.2, 0) is 28.6 Å². The summed E-state index contributed by atoms with van der Waals surface area (Å²) in [6, 6.07) is 13.7. The summed E-state index contributed by atoms with van der Waals surface area (Å²) in [5.41, 5.74) is 4.19. The summed E-state index contributed by atoms with van der Waals surface area (Å²) in [7, 11) is -1.33. The van der Waals surface area contributed by atoms with Gasteiger partial charge in [0.15, 0.2) is 15.8 Å². The predicted octanol–water partition coefficient (Wildman–Crippen LogP) is 2.85. The maximum absolute atomic E-state index is 11.4. The summed E-state index contributed by atoms with van der Waals surface area (Å²) < 4.78 is 28.2. The minimum absolute atomic E-state index is 0.0587. The number of methoxy groups -OCH3 is 1. The second kappa shape index (κ2) is 10.9. The van der Waals surface area contributed by atoms with Gasteiger partial charge in [0.05, 0.1) is 19.4 Å². The topological polar surface area (TPSA) is 79.8 Å². The van der Waals surface area contributed by atoms with E-state index in [1.165, 1.54) is 11.8 Å². The molecule has 2 N–H and O–H groups in total. The number of hydrogen-bond donors (Lipinski definition) is 2. The van der Waals surface area contributed by atoms with E-state index >= 15 is 0 Å². The van der Waals surface area contributed by atoms with Crippen LogP contribution in [0.2, 0.25) is 0 Å². The van der Waals surface area contributed by atoms with Gasteiger partial charge < -0.3 is 15.4 Å². The molecule has 0 saturated carbocycles. The molecule has 29 heavy (non-hydrogen) atoms. The number of nitrogens with one attached hydrogen (secondary N) is 2. The molecule has 0 aromatic heterocycles. The first kappa shape index (κ1) is 22.7. The number of guanidine groups is 1. The molecule has 0 aliphatic heterocycles. The summed E-state index contributed by atoms with van der Waals surface area (Å²) in [4.78, 5) is 4.62. The van der Waals surface area contributed by atoms with Crippen molar-refractivity contribution in [2.45, 2.75) is 32.6 Å². The molecule has 0 bridgehead atoms. The SMILES string of the molecule is CCNC(=NCc1ccc(CS(C)(=O)=O)cc1)NCCc1cc(C)ccc1OC. The number of nitrogens with zero attached hydrogens (tertiary/aromatic N) is 1. The molecule has 0 radical (unpaired) electrons. The number of benzene rings is 2. The Morgan fingerprint density at radius 2 is 1.76 bits per heavy atom. The molecule has 0 aliphatic carbocycles. The largest absolute Gasteiger partial charge is 0.496 e. The lowest BCUT2D eigenvalue weighted by Gasteiger charge is -2.13. The molecule has 0 fully saturated rings. The normalized spacial score (nSPS) is 11.9. The number of sulfone groups is 1. The van der Waals surface area contributed by atoms with E-state index in [2.05, 4.69) is 28.6 Å². The fourth-order valence-corrected chi connectivity index (χ4v) is 3.77. The molecule has 2 aromatic carbocycles. The van der Waals surface area contributed by atoms with Gasteiger partial charge in [0, 0.05) is 19.3 Å². The van der Waals surface area contributed by atoms with E-state index in [4.69, 9.17) is 4.74 Å². The zero-order chi connectivity index (χ0) is 21.3. The van der Waals surface area contributed by atoms with Crippen LogP contribution in [0.1, 0.15) is 29.2 Å². The molecular formula is C22H31N3O3S. The van der Waals surface area contributed by atoms with E-state index in [-0.39, 0.29) is 5.75 Å². The molecule has 0 unspecified atom stereocenters. The zero-order valence-electron chi connectivity index (χ0n) is 17.7. The van der Waals surface area contributed by atoms with Crippen LogP contribution in [0.4, 0.5) is 0 Å². The minimum atomic E-state index is -3.02. The van der Waals surface area contributed by atoms with Crippen LogP contribution in [0.5, 0.6) is 5.75 Å².